The largest absolute Gasteiger partial charge is 0.490 e. The summed E-state index contributed by atoms with van der Waals surface area (Å²) in [4.78, 5) is 22.9. The summed E-state index contributed by atoms with van der Waals surface area (Å²) in [5.74, 6) is -4.44. The summed E-state index contributed by atoms with van der Waals surface area (Å²) < 4.78 is 69.0. The molecule has 1 aromatic heterocycles. The third-order valence-electron chi connectivity index (χ3n) is 6.18. The van der Waals surface area contributed by atoms with Crippen molar-refractivity contribution >= 4 is 11.9 Å². The maximum atomic E-state index is 10.6. The van der Waals surface area contributed by atoms with Gasteiger partial charge in [-0.1, -0.05) is 30.3 Å². The van der Waals surface area contributed by atoms with Gasteiger partial charge in [-0.15, -0.1) is 0 Å². The summed E-state index contributed by atoms with van der Waals surface area (Å²) >= 11 is 0. The molecule has 0 bridgehead atoms. The molecule has 0 saturated carbocycles. The Morgan fingerprint density at radius 3 is 1.94 bits per heavy atom. The lowest BCUT2D eigenvalue weighted by Crippen LogP contribution is -2.54. The summed E-state index contributed by atoms with van der Waals surface area (Å²) in [6, 6.07) is 15.8. The summed E-state index contributed by atoms with van der Waals surface area (Å²) in [6.45, 7) is 4.42. The monoisotopic (exact) mass is 524 g/mol. The van der Waals surface area contributed by atoms with Gasteiger partial charge >= 0.3 is 24.3 Å². The highest BCUT2D eigenvalue weighted by Crippen LogP contribution is 2.45. The lowest BCUT2D eigenvalue weighted by atomic mass is 9.69. The zero-order valence-electron chi connectivity index (χ0n) is 19.2. The first-order valence-corrected chi connectivity index (χ1v) is 10.8. The number of benzene rings is 1. The van der Waals surface area contributed by atoms with Crippen LogP contribution in [0.15, 0.2) is 53.1 Å². The Morgan fingerprint density at radius 2 is 1.47 bits per heavy atom. The smallest absolute Gasteiger partial charge is 0.475 e. The lowest BCUT2D eigenvalue weighted by molar-refractivity contribution is -0.193. The van der Waals surface area contributed by atoms with Crippen LogP contribution in [0.1, 0.15) is 24.2 Å². The number of aliphatic carboxylic acids is 2. The van der Waals surface area contributed by atoms with E-state index in [2.05, 4.69) is 53.2 Å². The van der Waals surface area contributed by atoms with Crippen LogP contribution >= 0.6 is 0 Å². The molecule has 13 heteroatoms. The predicted octanol–water partition coefficient (Wildman–Crippen LogP) is 4.39. The highest BCUT2D eigenvalue weighted by Gasteiger charge is 2.49. The van der Waals surface area contributed by atoms with Crippen LogP contribution in [0.2, 0.25) is 0 Å². The Labute approximate surface area is 202 Å². The highest BCUT2D eigenvalue weighted by atomic mass is 19.4. The van der Waals surface area contributed by atoms with E-state index in [1.54, 1.807) is 6.26 Å². The molecule has 2 fully saturated rings. The number of halogens is 6. The Balaban J connectivity index is 0.000000271. The van der Waals surface area contributed by atoms with Crippen LogP contribution in [0.5, 0.6) is 0 Å². The fourth-order valence-corrected chi connectivity index (χ4v) is 4.44. The van der Waals surface area contributed by atoms with Gasteiger partial charge in [-0.3, -0.25) is 4.90 Å². The fraction of sp³-hybridized carbons (Fsp3) is 0.478. The number of hydrogen-bond acceptors (Lipinski definition) is 5. The van der Waals surface area contributed by atoms with Crippen molar-refractivity contribution < 1.29 is 50.6 Å². The number of hydrogen-bond donors (Lipinski definition) is 2. The lowest BCUT2D eigenvalue weighted by Gasteiger charge is -2.46. The summed E-state index contributed by atoms with van der Waals surface area (Å²) in [7, 11) is 2.28. The predicted molar refractivity (Wildman–Crippen MR) is 115 cm³/mol. The van der Waals surface area contributed by atoms with Gasteiger partial charge < -0.3 is 19.5 Å². The first-order chi connectivity index (χ1) is 16.7. The topological polar surface area (TPSA) is 94.2 Å². The molecule has 0 aliphatic carbocycles. The number of fused-ring (bicyclic) bond motifs is 1. The van der Waals surface area contributed by atoms with Crippen LogP contribution < -0.4 is 0 Å². The molecule has 1 aromatic carbocycles. The number of rotatable bonds is 3. The SMILES string of the molecule is CN1CCC2(c3ccccc3)CCN(Cc3ccco3)CC12.O=C(O)C(F)(F)F.O=C(O)C(F)(F)F. The molecule has 2 atom stereocenters. The van der Waals surface area contributed by atoms with Crippen molar-refractivity contribution in [1.82, 2.24) is 9.80 Å². The average molecular weight is 524 g/mol. The van der Waals surface area contributed by atoms with Crippen molar-refractivity contribution in [3.8, 4) is 0 Å². The van der Waals surface area contributed by atoms with Crippen LogP contribution in [0.4, 0.5) is 26.3 Å². The standard InChI is InChI=1S/C19H24N2O.2C2HF3O2/c1-20-11-9-19(16-6-3-2-4-7-16)10-12-21(15-18(19)20)14-17-8-5-13-22-17;2*3-2(4,5)1(6)7/h2-8,13,18H,9-12,14-15H2,1H3;2*(H,6,7). The number of carboxylic acid groups (broad SMARTS) is 2. The van der Waals surface area contributed by atoms with Gasteiger partial charge in [-0.2, -0.15) is 26.3 Å². The minimum absolute atomic E-state index is 0.343. The van der Waals surface area contributed by atoms with Crippen molar-refractivity contribution in [3.63, 3.8) is 0 Å². The molecule has 2 N–H and O–H groups in total. The van der Waals surface area contributed by atoms with Gasteiger partial charge in [0.2, 0.25) is 0 Å². The maximum Gasteiger partial charge on any atom is 0.490 e. The number of alkyl halides is 6. The molecule has 2 saturated heterocycles. The van der Waals surface area contributed by atoms with Crippen LogP contribution in [-0.4, -0.2) is 77.0 Å². The van der Waals surface area contributed by atoms with Crippen LogP contribution in [0.3, 0.4) is 0 Å². The van der Waals surface area contributed by atoms with Gasteiger partial charge in [-0.05, 0) is 50.7 Å². The molecule has 2 aromatic rings. The molecular weight excluding hydrogens is 498 g/mol. The van der Waals surface area contributed by atoms with Gasteiger partial charge in [0.25, 0.3) is 0 Å². The molecule has 2 aliphatic rings. The van der Waals surface area contributed by atoms with Crippen molar-refractivity contribution in [2.45, 2.75) is 43.2 Å². The normalized spacial score (nSPS) is 22.5. The first-order valence-electron chi connectivity index (χ1n) is 10.8. The Hall–Kier alpha value is -3.06. The van der Waals surface area contributed by atoms with E-state index in [-0.39, 0.29) is 0 Å². The molecule has 2 aliphatic heterocycles. The third-order valence-corrected chi connectivity index (χ3v) is 6.18. The van der Waals surface area contributed by atoms with Crippen molar-refractivity contribution in [3.05, 3.63) is 60.1 Å². The molecule has 7 nitrogen and oxygen atoms in total. The van der Waals surface area contributed by atoms with Gasteiger partial charge in [0.15, 0.2) is 0 Å². The van der Waals surface area contributed by atoms with Crippen molar-refractivity contribution in [2.24, 2.45) is 0 Å². The summed E-state index contributed by atoms with van der Waals surface area (Å²) in [5, 5.41) is 14.2. The van der Waals surface area contributed by atoms with E-state index in [9.17, 15) is 26.3 Å². The molecule has 0 radical (unpaired) electrons. The highest BCUT2D eigenvalue weighted by molar-refractivity contribution is 5.73. The maximum absolute atomic E-state index is 10.6. The molecule has 4 rings (SSSR count). The molecule has 200 valence electrons. The molecule has 2 unspecified atom stereocenters. The number of nitrogens with zero attached hydrogens (tertiary/aromatic N) is 2. The summed E-state index contributed by atoms with van der Waals surface area (Å²) in [6.07, 6.45) is -5.87. The average Bonchev–Trinajstić information content (AvgIpc) is 3.43. The van der Waals surface area contributed by atoms with E-state index >= 15 is 0 Å². The van der Waals surface area contributed by atoms with Gasteiger partial charge in [0, 0.05) is 18.0 Å². The molecule has 3 heterocycles. The Bertz CT molecular complexity index is 957. The number of furan rings is 1. The Kier molecular flexibility index (Phi) is 9.55. The minimum Gasteiger partial charge on any atom is -0.475 e. The molecule has 36 heavy (non-hydrogen) atoms. The number of carboxylic acids is 2. The van der Waals surface area contributed by atoms with Gasteiger partial charge in [0.05, 0.1) is 12.8 Å². The number of likely N-dealkylation sites (N-methyl/N-ethyl adjacent to an activating group) is 1. The van der Waals surface area contributed by atoms with E-state index in [4.69, 9.17) is 24.2 Å². The number of piperidine rings is 1. The molecule has 0 spiro atoms. The van der Waals surface area contributed by atoms with E-state index in [0.717, 1.165) is 25.4 Å². The van der Waals surface area contributed by atoms with E-state index in [1.165, 1.54) is 24.9 Å². The number of likely N-dealkylation sites (tertiary alicyclic amines) is 2. The zero-order valence-corrected chi connectivity index (χ0v) is 19.2. The number of carbonyl (C=O) groups is 2. The third kappa shape index (κ3) is 7.72. The van der Waals surface area contributed by atoms with Gasteiger partial charge in [0.1, 0.15) is 5.76 Å². The van der Waals surface area contributed by atoms with Gasteiger partial charge in [-0.25, -0.2) is 9.59 Å². The second-order valence-corrected chi connectivity index (χ2v) is 8.44. The van der Waals surface area contributed by atoms with Crippen LogP contribution in [0, 0.1) is 0 Å². The van der Waals surface area contributed by atoms with Crippen molar-refractivity contribution in [1.29, 1.82) is 0 Å². The summed E-state index contributed by atoms with van der Waals surface area (Å²) in [5.41, 5.74) is 1.87. The molecular formula is C23H26F6N2O5. The quantitative estimate of drug-likeness (QED) is 0.575. The minimum atomic E-state index is -5.08. The van der Waals surface area contributed by atoms with E-state index < -0.39 is 24.3 Å². The fourth-order valence-electron chi connectivity index (χ4n) is 4.44. The van der Waals surface area contributed by atoms with Crippen molar-refractivity contribution in [2.75, 3.05) is 26.7 Å². The van der Waals surface area contributed by atoms with Crippen LogP contribution in [-0.2, 0) is 21.5 Å². The second kappa shape index (κ2) is 11.8. The Morgan fingerprint density at radius 1 is 0.944 bits per heavy atom. The zero-order chi connectivity index (χ0) is 27.1. The van der Waals surface area contributed by atoms with E-state index in [1.807, 2.05) is 6.07 Å². The van der Waals surface area contributed by atoms with E-state index in [0.29, 0.717) is 11.5 Å². The second-order valence-electron chi connectivity index (χ2n) is 8.44. The molecule has 0 amide bonds. The first kappa shape index (κ1) is 29.2. The van der Waals surface area contributed by atoms with Crippen LogP contribution in [0.25, 0.3) is 0 Å².